The largest absolute Gasteiger partial charge is 0.343 e. The number of carbonyl (C=O) groups excluding carboxylic acids is 2. The van der Waals surface area contributed by atoms with Crippen LogP contribution in [0.5, 0.6) is 0 Å². The molecule has 0 fully saturated rings. The lowest BCUT2D eigenvalue weighted by Gasteiger charge is -2.17. The summed E-state index contributed by atoms with van der Waals surface area (Å²) in [6, 6.07) is 6.44. The maximum Gasteiger partial charge on any atom is 0.159 e. The van der Waals surface area contributed by atoms with Crippen molar-refractivity contribution in [3.8, 4) is 0 Å². The van der Waals surface area contributed by atoms with Gasteiger partial charge in [-0.15, -0.1) is 0 Å². The van der Waals surface area contributed by atoms with Crippen LogP contribution >= 0.6 is 0 Å². The van der Waals surface area contributed by atoms with Gasteiger partial charge in [0.1, 0.15) is 0 Å². The predicted molar refractivity (Wildman–Crippen MR) is 107 cm³/mol. The second-order valence-electron chi connectivity index (χ2n) is 7.29. The van der Waals surface area contributed by atoms with Gasteiger partial charge in [-0.1, -0.05) is 6.92 Å². The van der Waals surface area contributed by atoms with Crippen LogP contribution in [0.4, 0.5) is 0 Å². The zero-order valence-electron chi connectivity index (χ0n) is 16.2. The van der Waals surface area contributed by atoms with Crippen LogP contribution in [0, 0.1) is 0 Å². The van der Waals surface area contributed by atoms with Gasteiger partial charge in [-0.05, 0) is 69.9 Å². The zero-order valence-corrected chi connectivity index (χ0v) is 16.2. The molecule has 0 radical (unpaired) electrons. The lowest BCUT2D eigenvalue weighted by molar-refractivity contribution is -0.113. The highest BCUT2D eigenvalue weighted by atomic mass is 16.1. The van der Waals surface area contributed by atoms with Gasteiger partial charge in [-0.3, -0.25) is 9.59 Å². The number of benzene rings is 1. The Balaban J connectivity index is 2.07. The van der Waals surface area contributed by atoms with Crippen LogP contribution in [0.25, 0.3) is 17.0 Å². The summed E-state index contributed by atoms with van der Waals surface area (Å²) >= 11 is 0. The molecule has 1 aromatic carbocycles. The van der Waals surface area contributed by atoms with Crippen LogP contribution in [-0.4, -0.2) is 28.7 Å². The van der Waals surface area contributed by atoms with E-state index in [1.165, 1.54) is 5.69 Å². The molecule has 1 heterocycles. The van der Waals surface area contributed by atoms with Crippen LogP contribution in [0.15, 0.2) is 23.8 Å². The van der Waals surface area contributed by atoms with Gasteiger partial charge in [0.15, 0.2) is 11.6 Å². The minimum absolute atomic E-state index is 0.0680. The van der Waals surface area contributed by atoms with Crippen LogP contribution in [0.2, 0.25) is 0 Å². The number of rotatable bonds is 7. The van der Waals surface area contributed by atoms with Crippen LogP contribution in [0.1, 0.15) is 62.2 Å². The number of ketones is 2. The Morgan fingerprint density at radius 3 is 2.62 bits per heavy atom. The summed E-state index contributed by atoms with van der Waals surface area (Å²) in [5, 5.41) is 4.63. The first kappa shape index (κ1) is 18.6. The summed E-state index contributed by atoms with van der Waals surface area (Å²) in [4.78, 5) is 23.7. The first-order valence-electron chi connectivity index (χ1n) is 9.53. The number of fused-ring (bicyclic) bond motifs is 3. The third-order valence-corrected chi connectivity index (χ3v) is 5.46. The van der Waals surface area contributed by atoms with Crippen molar-refractivity contribution in [1.29, 1.82) is 0 Å². The first-order valence-corrected chi connectivity index (χ1v) is 9.53. The van der Waals surface area contributed by atoms with Crippen molar-refractivity contribution >= 4 is 28.5 Å². The second kappa shape index (κ2) is 7.58. The van der Waals surface area contributed by atoms with E-state index < -0.39 is 0 Å². The van der Waals surface area contributed by atoms with E-state index >= 15 is 0 Å². The van der Waals surface area contributed by atoms with Crippen molar-refractivity contribution in [1.82, 2.24) is 9.88 Å². The number of carbonyl (C=O) groups is 2. The highest BCUT2D eigenvalue weighted by molar-refractivity contribution is 6.04. The Kier molecular flexibility index (Phi) is 5.42. The monoisotopic (exact) mass is 352 g/mol. The molecule has 138 valence electrons. The first-order chi connectivity index (χ1) is 12.4. The fourth-order valence-corrected chi connectivity index (χ4v) is 3.68. The number of hydrogen-bond donors (Lipinski definition) is 1. The van der Waals surface area contributed by atoms with E-state index in [0.29, 0.717) is 6.04 Å². The number of nitrogens with zero attached hydrogens (tertiary/aromatic N) is 1. The van der Waals surface area contributed by atoms with E-state index in [4.69, 9.17) is 0 Å². The van der Waals surface area contributed by atoms with Crippen molar-refractivity contribution < 1.29 is 9.59 Å². The van der Waals surface area contributed by atoms with Crippen LogP contribution in [-0.2, 0) is 17.8 Å². The molecule has 0 spiro atoms. The molecule has 0 amide bonds. The number of aromatic nitrogens is 1. The molecule has 4 nitrogen and oxygen atoms in total. The summed E-state index contributed by atoms with van der Waals surface area (Å²) in [6.07, 6.45) is 4.80. The summed E-state index contributed by atoms with van der Waals surface area (Å²) < 4.78 is 2.36. The molecule has 4 heteroatoms. The van der Waals surface area contributed by atoms with Crippen molar-refractivity contribution in [2.45, 2.75) is 59.5 Å². The average Bonchev–Trinajstić information content (AvgIpc) is 2.94. The normalized spacial score (nSPS) is 14.8. The molecular weight excluding hydrogens is 324 g/mol. The van der Waals surface area contributed by atoms with Crippen molar-refractivity contribution in [2.75, 3.05) is 6.54 Å². The Hall–Kier alpha value is -2.20. The molecule has 0 aliphatic heterocycles. The van der Waals surface area contributed by atoms with Gasteiger partial charge in [0, 0.05) is 46.9 Å². The molecule has 1 unspecified atom stereocenters. The van der Waals surface area contributed by atoms with Gasteiger partial charge >= 0.3 is 0 Å². The summed E-state index contributed by atoms with van der Waals surface area (Å²) in [7, 11) is 0. The average molecular weight is 352 g/mol. The Bertz CT molecular complexity index is 889. The maximum atomic E-state index is 11.9. The number of nitrogens with one attached hydrogen (secondary N) is 1. The van der Waals surface area contributed by atoms with E-state index in [2.05, 4.69) is 29.8 Å². The molecule has 1 N–H and O–H groups in total. The molecule has 1 aliphatic rings. The Labute approximate surface area is 155 Å². The maximum absolute atomic E-state index is 11.9. The SMILES string of the molecule is CCC(C)NCCn1c2c(c3cc(C(C)=O)ccc31)C=C(C(C)=O)CC2. The van der Waals surface area contributed by atoms with E-state index in [9.17, 15) is 9.59 Å². The quantitative estimate of drug-likeness (QED) is 0.762. The molecule has 0 bridgehead atoms. The van der Waals surface area contributed by atoms with Gasteiger partial charge in [0.05, 0.1) is 0 Å². The van der Waals surface area contributed by atoms with E-state index in [-0.39, 0.29) is 11.6 Å². The molecule has 2 aromatic rings. The van der Waals surface area contributed by atoms with Gasteiger partial charge < -0.3 is 9.88 Å². The van der Waals surface area contributed by atoms with Gasteiger partial charge in [-0.2, -0.15) is 0 Å². The van der Waals surface area contributed by atoms with E-state index in [1.54, 1.807) is 13.8 Å². The smallest absolute Gasteiger partial charge is 0.159 e. The third kappa shape index (κ3) is 3.51. The Morgan fingerprint density at radius 1 is 1.19 bits per heavy atom. The summed E-state index contributed by atoms with van der Waals surface area (Å²) in [5.41, 5.74) is 5.13. The fourth-order valence-electron chi connectivity index (χ4n) is 3.68. The number of hydrogen-bond acceptors (Lipinski definition) is 3. The van der Waals surface area contributed by atoms with Crippen molar-refractivity contribution in [2.24, 2.45) is 0 Å². The second-order valence-corrected chi connectivity index (χ2v) is 7.29. The van der Waals surface area contributed by atoms with Crippen molar-refractivity contribution in [3.05, 3.63) is 40.6 Å². The van der Waals surface area contributed by atoms with Crippen molar-refractivity contribution in [3.63, 3.8) is 0 Å². The van der Waals surface area contributed by atoms with E-state index in [1.807, 2.05) is 18.2 Å². The molecule has 1 atom stereocenters. The zero-order chi connectivity index (χ0) is 18.8. The molecule has 3 rings (SSSR count). The number of allylic oxidation sites excluding steroid dienone is 1. The highest BCUT2D eigenvalue weighted by Gasteiger charge is 2.22. The third-order valence-electron chi connectivity index (χ3n) is 5.46. The standard InChI is InChI=1S/C22H28N2O2/c1-5-14(2)23-10-11-24-21-8-6-17(15(3)25)12-19(21)20-13-18(16(4)26)7-9-22(20)24/h6,8,12-14,23H,5,7,9-11H2,1-4H3. The minimum atomic E-state index is 0.0680. The highest BCUT2D eigenvalue weighted by Crippen LogP contribution is 2.34. The lowest BCUT2D eigenvalue weighted by Crippen LogP contribution is -2.29. The summed E-state index contributed by atoms with van der Waals surface area (Å²) in [5.74, 6) is 0.205. The fraction of sp³-hybridized carbons (Fsp3) is 0.455. The van der Waals surface area contributed by atoms with Crippen LogP contribution < -0.4 is 5.32 Å². The molecule has 0 saturated heterocycles. The molecular formula is C22H28N2O2. The molecule has 1 aromatic heterocycles. The van der Waals surface area contributed by atoms with Gasteiger partial charge in [0.25, 0.3) is 0 Å². The Morgan fingerprint density at radius 2 is 1.96 bits per heavy atom. The molecule has 26 heavy (non-hydrogen) atoms. The van der Waals surface area contributed by atoms with E-state index in [0.717, 1.165) is 60.0 Å². The van der Waals surface area contributed by atoms with Gasteiger partial charge in [-0.25, -0.2) is 0 Å². The topological polar surface area (TPSA) is 51.1 Å². The van der Waals surface area contributed by atoms with Crippen LogP contribution in [0.3, 0.4) is 0 Å². The molecule has 1 aliphatic carbocycles. The summed E-state index contributed by atoms with van der Waals surface area (Å²) in [6.45, 7) is 9.40. The minimum Gasteiger partial charge on any atom is -0.343 e. The predicted octanol–water partition coefficient (Wildman–Crippen LogP) is 4.15. The van der Waals surface area contributed by atoms with Gasteiger partial charge in [0.2, 0.25) is 0 Å². The number of Topliss-reactive ketones (excluding diaryl/α,β-unsaturated/α-hetero) is 2. The lowest BCUT2D eigenvalue weighted by atomic mass is 9.93. The molecule has 0 saturated carbocycles.